The second-order valence-corrected chi connectivity index (χ2v) is 4.20. The van der Waals surface area contributed by atoms with Crippen LogP contribution in [0.25, 0.3) is 0 Å². The van der Waals surface area contributed by atoms with Gasteiger partial charge in [-0.15, -0.1) is 0 Å². The Labute approximate surface area is 108 Å². The lowest BCUT2D eigenvalue weighted by atomic mass is 10.2. The number of rotatable bonds is 6. The summed E-state index contributed by atoms with van der Waals surface area (Å²) in [4.78, 5) is 17.5. The van der Waals surface area contributed by atoms with Gasteiger partial charge in [0.2, 0.25) is 0 Å². The van der Waals surface area contributed by atoms with E-state index >= 15 is 0 Å². The van der Waals surface area contributed by atoms with E-state index in [0.717, 1.165) is 17.1 Å². The number of hydrogen-bond donors (Lipinski definition) is 0. The number of carbonyl (C=O) groups excluding carboxylic acids is 1. The number of nitrogens with zero attached hydrogens (tertiary/aromatic N) is 2. The molecular formula is C13H20N2O3. The summed E-state index contributed by atoms with van der Waals surface area (Å²) >= 11 is 0. The Hall–Kier alpha value is -1.62. The summed E-state index contributed by atoms with van der Waals surface area (Å²) in [6.45, 7) is 3.25. The Morgan fingerprint density at radius 3 is 2.72 bits per heavy atom. The summed E-state index contributed by atoms with van der Waals surface area (Å²) in [5, 5.41) is 0. The van der Waals surface area contributed by atoms with Crippen LogP contribution in [0.4, 0.5) is 0 Å². The van der Waals surface area contributed by atoms with E-state index in [9.17, 15) is 4.79 Å². The van der Waals surface area contributed by atoms with E-state index in [1.54, 1.807) is 7.11 Å². The highest BCUT2D eigenvalue weighted by Crippen LogP contribution is 2.14. The fourth-order valence-corrected chi connectivity index (χ4v) is 1.64. The zero-order valence-corrected chi connectivity index (χ0v) is 11.4. The molecule has 18 heavy (non-hydrogen) atoms. The van der Waals surface area contributed by atoms with Crippen molar-refractivity contribution < 1.29 is 14.3 Å². The number of aromatic nitrogens is 1. The van der Waals surface area contributed by atoms with Gasteiger partial charge in [0.1, 0.15) is 5.75 Å². The van der Waals surface area contributed by atoms with E-state index in [-0.39, 0.29) is 5.97 Å². The molecule has 0 bridgehead atoms. The number of ether oxygens (including phenoxy) is 2. The first-order valence-corrected chi connectivity index (χ1v) is 5.82. The summed E-state index contributed by atoms with van der Waals surface area (Å²) in [6, 6.07) is 3.79. The van der Waals surface area contributed by atoms with Gasteiger partial charge in [0, 0.05) is 30.9 Å². The lowest BCUT2D eigenvalue weighted by Crippen LogP contribution is -2.22. The van der Waals surface area contributed by atoms with Crippen LogP contribution in [-0.4, -0.2) is 43.7 Å². The average molecular weight is 252 g/mol. The fraction of sp³-hybridized carbons (Fsp3) is 0.538. The van der Waals surface area contributed by atoms with Gasteiger partial charge in [-0.05, 0) is 14.0 Å². The minimum atomic E-state index is -0.198. The van der Waals surface area contributed by atoms with Crippen molar-refractivity contribution in [3.05, 3.63) is 23.5 Å². The third kappa shape index (κ3) is 4.71. The van der Waals surface area contributed by atoms with Crippen molar-refractivity contribution in [1.82, 2.24) is 9.88 Å². The molecule has 5 nitrogen and oxygen atoms in total. The lowest BCUT2D eigenvalue weighted by Gasteiger charge is -2.16. The zero-order valence-electron chi connectivity index (χ0n) is 11.4. The van der Waals surface area contributed by atoms with Crippen LogP contribution >= 0.6 is 0 Å². The van der Waals surface area contributed by atoms with Gasteiger partial charge >= 0.3 is 5.97 Å². The minimum absolute atomic E-state index is 0.198. The molecule has 0 spiro atoms. The van der Waals surface area contributed by atoms with Crippen molar-refractivity contribution >= 4 is 5.97 Å². The molecule has 0 radical (unpaired) electrons. The monoisotopic (exact) mass is 252 g/mol. The number of hydrogen-bond acceptors (Lipinski definition) is 5. The molecule has 0 aliphatic carbocycles. The number of pyridine rings is 1. The third-order valence-electron chi connectivity index (χ3n) is 2.57. The van der Waals surface area contributed by atoms with Crippen LogP contribution < -0.4 is 4.74 Å². The minimum Gasteiger partial charge on any atom is -0.497 e. The SMILES string of the molecule is COC(=O)CCN(C)Cc1cc(OC)cc(C)n1. The summed E-state index contributed by atoms with van der Waals surface area (Å²) in [5.74, 6) is 0.607. The van der Waals surface area contributed by atoms with E-state index in [4.69, 9.17) is 4.74 Å². The molecule has 0 amide bonds. The molecule has 0 aliphatic rings. The topological polar surface area (TPSA) is 51.7 Å². The number of esters is 1. The number of methoxy groups -OCH3 is 2. The first-order valence-electron chi connectivity index (χ1n) is 5.82. The maximum absolute atomic E-state index is 11.0. The smallest absolute Gasteiger partial charge is 0.306 e. The van der Waals surface area contributed by atoms with Crippen LogP contribution in [-0.2, 0) is 16.1 Å². The molecule has 0 saturated carbocycles. The highest BCUT2D eigenvalue weighted by Gasteiger charge is 2.07. The fourth-order valence-electron chi connectivity index (χ4n) is 1.64. The first-order chi connectivity index (χ1) is 8.55. The Morgan fingerprint density at radius 1 is 1.39 bits per heavy atom. The molecule has 0 N–H and O–H groups in total. The summed E-state index contributed by atoms with van der Waals surface area (Å²) in [7, 11) is 4.98. The van der Waals surface area contributed by atoms with Gasteiger partial charge in [0.15, 0.2) is 0 Å². The molecule has 0 aliphatic heterocycles. The molecule has 1 aromatic rings. The van der Waals surface area contributed by atoms with Crippen LogP contribution in [0.15, 0.2) is 12.1 Å². The van der Waals surface area contributed by atoms with Crippen molar-refractivity contribution in [1.29, 1.82) is 0 Å². The van der Waals surface area contributed by atoms with Crippen LogP contribution in [0.3, 0.4) is 0 Å². The second-order valence-electron chi connectivity index (χ2n) is 4.20. The van der Waals surface area contributed by atoms with Crippen LogP contribution in [0.1, 0.15) is 17.8 Å². The molecule has 1 aromatic heterocycles. The van der Waals surface area contributed by atoms with E-state index in [0.29, 0.717) is 19.5 Å². The van der Waals surface area contributed by atoms with Crippen LogP contribution in [0.2, 0.25) is 0 Å². The van der Waals surface area contributed by atoms with Gasteiger partial charge in [-0.2, -0.15) is 0 Å². The maximum Gasteiger partial charge on any atom is 0.306 e. The van der Waals surface area contributed by atoms with Crippen molar-refractivity contribution in [3.63, 3.8) is 0 Å². The van der Waals surface area contributed by atoms with Gasteiger partial charge in [-0.3, -0.25) is 14.7 Å². The Bertz CT molecular complexity index is 407. The number of aryl methyl sites for hydroxylation is 1. The molecule has 5 heteroatoms. The van der Waals surface area contributed by atoms with Gasteiger partial charge < -0.3 is 9.47 Å². The molecule has 0 saturated heterocycles. The molecule has 1 rings (SSSR count). The molecular weight excluding hydrogens is 232 g/mol. The summed E-state index contributed by atoms with van der Waals surface area (Å²) in [6.07, 6.45) is 0.385. The molecule has 1 heterocycles. The maximum atomic E-state index is 11.0. The van der Waals surface area contributed by atoms with E-state index in [1.165, 1.54) is 7.11 Å². The zero-order chi connectivity index (χ0) is 13.5. The number of carbonyl (C=O) groups is 1. The first kappa shape index (κ1) is 14.4. The quantitative estimate of drug-likeness (QED) is 0.716. The highest BCUT2D eigenvalue weighted by molar-refractivity contribution is 5.69. The molecule has 0 unspecified atom stereocenters. The summed E-state index contributed by atoms with van der Waals surface area (Å²) in [5.41, 5.74) is 1.85. The Morgan fingerprint density at radius 2 is 2.11 bits per heavy atom. The van der Waals surface area contributed by atoms with Crippen molar-refractivity contribution in [2.75, 3.05) is 27.8 Å². The Balaban J connectivity index is 2.55. The van der Waals surface area contributed by atoms with Crippen molar-refractivity contribution in [2.45, 2.75) is 19.9 Å². The van der Waals surface area contributed by atoms with Gasteiger partial charge in [0.05, 0.1) is 26.3 Å². The lowest BCUT2D eigenvalue weighted by molar-refractivity contribution is -0.140. The van der Waals surface area contributed by atoms with Crippen molar-refractivity contribution in [3.8, 4) is 5.75 Å². The van der Waals surface area contributed by atoms with Gasteiger partial charge in [-0.25, -0.2) is 0 Å². The van der Waals surface area contributed by atoms with Crippen LogP contribution in [0.5, 0.6) is 5.75 Å². The third-order valence-corrected chi connectivity index (χ3v) is 2.57. The van der Waals surface area contributed by atoms with E-state index < -0.39 is 0 Å². The highest BCUT2D eigenvalue weighted by atomic mass is 16.5. The van der Waals surface area contributed by atoms with Gasteiger partial charge in [-0.1, -0.05) is 0 Å². The summed E-state index contributed by atoms with van der Waals surface area (Å²) < 4.78 is 9.81. The average Bonchev–Trinajstić information content (AvgIpc) is 2.35. The standard InChI is InChI=1S/C13H20N2O3/c1-10-7-12(17-3)8-11(14-10)9-15(2)6-5-13(16)18-4/h7-8H,5-6,9H2,1-4H3. The van der Waals surface area contributed by atoms with E-state index in [1.807, 2.05) is 31.0 Å². The Kier molecular flexibility index (Phi) is 5.58. The van der Waals surface area contributed by atoms with Gasteiger partial charge in [0.25, 0.3) is 0 Å². The second kappa shape index (κ2) is 6.96. The molecule has 0 atom stereocenters. The van der Waals surface area contributed by atoms with Crippen molar-refractivity contribution in [2.24, 2.45) is 0 Å². The molecule has 0 aromatic carbocycles. The predicted molar refractivity (Wildman–Crippen MR) is 68.5 cm³/mol. The predicted octanol–water partition coefficient (Wildman–Crippen LogP) is 1.39. The normalized spacial score (nSPS) is 10.5. The van der Waals surface area contributed by atoms with E-state index in [2.05, 4.69) is 9.72 Å². The molecule has 0 fully saturated rings. The largest absolute Gasteiger partial charge is 0.497 e. The molecule has 100 valence electrons. The van der Waals surface area contributed by atoms with Crippen LogP contribution in [0, 0.1) is 6.92 Å².